The molecule has 0 bridgehead atoms. The Morgan fingerprint density at radius 3 is 2.43 bits per heavy atom. The van der Waals surface area contributed by atoms with Crippen molar-refractivity contribution >= 4 is 17.6 Å². The van der Waals surface area contributed by atoms with Crippen LogP contribution in [0.3, 0.4) is 0 Å². The molecule has 7 heteroatoms. The molecule has 2 N–H and O–H groups in total. The highest BCUT2D eigenvalue weighted by Gasteiger charge is 2.14. The van der Waals surface area contributed by atoms with Gasteiger partial charge in [0.2, 0.25) is 0 Å². The second kappa shape index (κ2) is 12.9. The summed E-state index contributed by atoms with van der Waals surface area (Å²) < 4.78 is 5.88. The summed E-state index contributed by atoms with van der Waals surface area (Å²) in [7, 11) is 1.80. The lowest BCUT2D eigenvalue weighted by Crippen LogP contribution is -2.46. The molecule has 1 aromatic carbocycles. The fourth-order valence-corrected chi connectivity index (χ4v) is 3.37. The highest BCUT2D eigenvalue weighted by atomic mass is 35.5. The summed E-state index contributed by atoms with van der Waals surface area (Å²) in [5.74, 6) is 1.64. The summed E-state index contributed by atoms with van der Waals surface area (Å²) in [6, 6.07) is 7.44. The van der Waals surface area contributed by atoms with E-state index in [0.29, 0.717) is 11.6 Å². The first-order valence-corrected chi connectivity index (χ1v) is 10.8. The van der Waals surface area contributed by atoms with Crippen LogP contribution in [-0.4, -0.2) is 81.3 Å². The van der Waals surface area contributed by atoms with E-state index in [4.69, 9.17) is 16.3 Å². The number of rotatable bonds is 10. The third kappa shape index (κ3) is 8.67. The van der Waals surface area contributed by atoms with E-state index in [9.17, 15) is 0 Å². The van der Waals surface area contributed by atoms with Crippen molar-refractivity contribution in [2.24, 2.45) is 4.99 Å². The van der Waals surface area contributed by atoms with Crippen LogP contribution >= 0.6 is 11.6 Å². The number of piperazine rings is 1. The number of likely N-dealkylation sites (N-methyl/N-ethyl adjacent to an activating group) is 1. The van der Waals surface area contributed by atoms with Crippen molar-refractivity contribution in [1.29, 1.82) is 0 Å². The van der Waals surface area contributed by atoms with Gasteiger partial charge in [-0.05, 0) is 57.1 Å². The van der Waals surface area contributed by atoms with Crippen LogP contribution in [0.1, 0.15) is 26.7 Å². The number of nitrogens with one attached hydrogen (secondary N) is 2. The number of aliphatic imine (C=N–C) groups is 1. The van der Waals surface area contributed by atoms with Gasteiger partial charge < -0.3 is 25.2 Å². The van der Waals surface area contributed by atoms with Crippen LogP contribution in [0, 0.1) is 0 Å². The Balaban J connectivity index is 1.54. The Kier molecular flexibility index (Phi) is 10.5. The highest BCUT2D eigenvalue weighted by Crippen LogP contribution is 2.16. The Morgan fingerprint density at radius 1 is 1.11 bits per heavy atom. The summed E-state index contributed by atoms with van der Waals surface area (Å²) in [5, 5.41) is 7.43. The van der Waals surface area contributed by atoms with Crippen LogP contribution < -0.4 is 15.4 Å². The average molecular weight is 410 g/mol. The summed E-state index contributed by atoms with van der Waals surface area (Å²) in [5.41, 5.74) is 0. The number of benzene rings is 1. The van der Waals surface area contributed by atoms with Gasteiger partial charge in [0.15, 0.2) is 5.96 Å². The third-order valence-corrected chi connectivity index (χ3v) is 5.29. The fourth-order valence-electron chi connectivity index (χ4n) is 3.24. The van der Waals surface area contributed by atoms with Crippen molar-refractivity contribution < 1.29 is 4.74 Å². The minimum Gasteiger partial charge on any atom is -0.489 e. The zero-order valence-corrected chi connectivity index (χ0v) is 18.3. The van der Waals surface area contributed by atoms with E-state index in [1.807, 2.05) is 31.2 Å². The Labute approximate surface area is 175 Å². The number of ether oxygens (including phenoxy) is 1. The number of nitrogens with zero attached hydrogens (tertiary/aromatic N) is 3. The molecule has 0 saturated carbocycles. The molecule has 1 atom stereocenters. The molecule has 0 spiro atoms. The molecule has 28 heavy (non-hydrogen) atoms. The predicted molar refractivity (Wildman–Crippen MR) is 119 cm³/mol. The molecular formula is C21H36ClN5O. The maximum absolute atomic E-state index is 5.90. The number of hydrogen-bond donors (Lipinski definition) is 2. The molecule has 0 aliphatic carbocycles. The first-order chi connectivity index (χ1) is 13.6. The number of halogens is 1. The van der Waals surface area contributed by atoms with E-state index < -0.39 is 0 Å². The molecule has 1 unspecified atom stereocenters. The number of guanidine groups is 1. The second-order valence-corrected chi connectivity index (χ2v) is 7.68. The Morgan fingerprint density at radius 2 is 1.79 bits per heavy atom. The largest absolute Gasteiger partial charge is 0.489 e. The van der Waals surface area contributed by atoms with E-state index in [1.54, 1.807) is 7.05 Å². The van der Waals surface area contributed by atoms with Gasteiger partial charge in [-0.1, -0.05) is 18.5 Å². The van der Waals surface area contributed by atoms with Crippen LogP contribution in [0.15, 0.2) is 29.3 Å². The molecule has 1 aromatic rings. The van der Waals surface area contributed by atoms with E-state index >= 15 is 0 Å². The van der Waals surface area contributed by atoms with Crippen molar-refractivity contribution in [2.75, 3.05) is 59.4 Å². The van der Waals surface area contributed by atoms with E-state index in [1.165, 1.54) is 45.7 Å². The van der Waals surface area contributed by atoms with Crippen LogP contribution in [-0.2, 0) is 0 Å². The van der Waals surface area contributed by atoms with Crippen molar-refractivity contribution in [3.8, 4) is 5.75 Å². The van der Waals surface area contributed by atoms with E-state index in [2.05, 4.69) is 32.3 Å². The summed E-state index contributed by atoms with van der Waals surface area (Å²) in [6.07, 6.45) is 2.39. The van der Waals surface area contributed by atoms with Crippen LogP contribution in [0.2, 0.25) is 5.02 Å². The number of hydrogen-bond acceptors (Lipinski definition) is 4. The summed E-state index contributed by atoms with van der Waals surface area (Å²) in [6.45, 7) is 13.1. The lowest BCUT2D eigenvalue weighted by molar-refractivity contribution is 0.136. The van der Waals surface area contributed by atoms with Gasteiger partial charge in [-0.15, -0.1) is 0 Å². The van der Waals surface area contributed by atoms with Gasteiger partial charge in [0.25, 0.3) is 0 Å². The molecule has 0 aromatic heterocycles. The molecule has 1 heterocycles. The first kappa shape index (κ1) is 22.8. The van der Waals surface area contributed by atoms with Gasteiger partial charge in [-0.25, -0.2) is 0 Å². The normalized spacial score (nSPS) is 17.4. The second-order valence-electron chi connectivity index (χ2n) is 7.25. The molecule has 158 valence electrons. The highest BCUT2D eigenvalue weighted by molar-refractivity contribution is 6.30. The van der Waals surface area contributed by atoms with Gasteiger partial charge in [-0.3, -0.25) is 4.99 Å². The van der Waals surface area contributed by atoms with Crippen LogP contribution in [0.25, 0.3) is 0 Å². The fraction of sp³-hybridized carbons (Fsp3) is 0.667. The SMILES string of the molecule is CCN1CCN(CCCCNC(=NC)NCC(C)Oc2ccc(Cl)cc2)CC1. The van der Waals surface area contributed by atoms with Gasteiger partial charge in [-0.2, -0.15) is 0 Å². The lowest BCUT2D eigenvalue weighted by atomic mass is 10.2. The molecular weight excluding hydrogens is 374 g/mol. The van der Waals surface area contributed by atoms with Crippen molar-refractivity contribution in [3.63, 3.8) is 0 Å². The van der Waals surface area contributed by atoms with Crippen molar-refractivity contribution in [2.45, 2.75) is 32.8 Å². The summed E-state index contributed by atoms with van der Waals surface area (Å²) in [4.78, 5) is 9.39. The standard InChI is InChI=1S/C21H36ClN5O/c1-4-26-13-15-27(16-14-26)12-6-5-11-24-21(23-3)25-17-18(2)28-20-9-7-19(22)8-10-20/h7-10,18H,4-6,11-17H2,1-3H3,(H2,23,24,25). The van der Waals surface area contributed by atoms with Gasteiger partial charge in [0.1, 0.15) is 11.9 Å². The molecule has 6 nitrogen and oxygen atoms in total. The Bertz CT molecular complexity index is 573. The van der Waals surface area contributed by atoms with Crippen molar-refractivity contribution in [1.82, 2.24) is 20.4 Å². The van der Waals surface area contributed by atoms with Crippen LogP contribution in [0.4, 0.5) is 0 Å². The van der Waals surface area contributed by atoms with Crippen molar-refractivity contribution in [3.05, 3.63) is 29.3 Å². The molecule has 0 radical (unpaired) electrons. The maximum Gasteiger partial charge on any atom is 0.191 e. The minimum absolute atomic E-state index is 0.0292. The van der Waals surface area contributed by atoms with Gasteiger partial charge in [0.05, 0.1) is 6.54 Å². The Hall–Kier alpha value is -1.50. The topological polar surface area (TPSA) is 52.1 Å². The average Bonchev–Trinajstić information content (AvgIpc) is 2.72. The number of unbranched alkanes of at least 4 members (excludes halogenated alkanes) is 1. The van der Waals surface area contributed by atoms with E-state index in [0.717, 1.165) is 24.7 Å². The summed E-state index contributed by atoms with van der Waals surface area (Å²) >= 11 is 5.90. The molecule has 1 fully saturated rings. The smallest absolute Gasteiger partial charge is 0.191 e. The van der Waals surface area contributed by atoms with Gasteiger partial charge in [0, 0.05) is 44.8 Å². The third-order valence-electron chi connectivity index (χ3n) is 5.04. The monoisotopic (exact) mass is 409 g/mol. The molecule has 1 saturated heterocycles. The molecule has 1 aliphatic rings. The maximum atomic E-state index is 5.90. The predicted octanol–water partition coefficient (Wildman–Crippen LogP) is 2.69. The molecule has 1 aliphatic heterocycles. The molecule has 0 amide bonds. The quantitative estimate of drug-likeness (QED) is 0.353. The minimum atomic E-state index is 0.0292. The first-order valence-electron chi connectivity index (χ1n) is 10.4. The van der Waals surface area contributed by atoms with E-state index in [-0.39, 0.29) is 6.10 Å². The zero-order valence-electron chi connectivity index (χ0n) is 17.6. The molecule has 2 rings (SSSR count). The van der Waals surface area contributed by atoms with Crippen LogP contribution in [0.5, 0.6) is 5.75 Å². The lowest BCUT2D eigenvalue weighted by Gasteiger charge is -2.34. The zero-order chi connectivity index (χ0) is 20.2. The van der Waals surface area contributed by atoms with Gasteiger partial charge >= 0.3 is 0 Å².